The van der Waals surface area contributed by atoms with E-state index in [9.17, 15) is 13.2 Å². The molecule has 102 valence electrons. The molecule has 1 aromatic carbocycles. The van der Waals surface area contributed by atoms with Gasteiger partial charge >= 0.3 is 5.97 Å². The second-order valence-electron chi connectivity index (χ2n) is 3.75. The summed E-state index contributed by atoms with van der Waals surface area (Å²) in [6, 6.07) is 6.38. The van der Waals surface area contributed by atoms with Crippen LogP contribution < -0.4 is 4.74 Å². The molecular weight excluding hydrogens is 270 g/mol. The van der Waals surface area contributed by atoms with Crippen LogP contribution in [0.3, 0.4) is 0 Å². The number of esters is 1. The first-order valence-corrected chi connectivity index (χ1v) is 7.08. The molecule has 0 saturated carbocycles. The van der Waals surface area contributed by atoms with Crippen LogP contribution in [0.1, 0.15) is 11.1 Å². The Labute approximate surface area is 111 Å². The summed E-state index contributed by atoms with van der Waals surface area (Å²) in [7, 11) is -1.15. The molecule has 0 aliphatic carbocycles. The molecule has 6 nitrogen and oxygen atoms in total. The fourth-order valence-electron chi connectivity index (χ4n) is 1.49. The molecule has 0 N–H and O–H groups in total. The van der Waals surface area contributed by atoms with Gasteiger partial charge in [-0.3, -0.25) is 4.79 Å². The zero-order valence-corrected chi connectivity index (χ0v) is 11.4. The average Bonchev–Trinajstić information content (AvgIpc) is 2.37. The Morgan fingerprint density at radius 3 is 2.58 bits per heavy atom. The molecule has 0 heterocycles. The molecule has 0 fully saturated rings. The third kappa shape index (κ3) is 4.26. The van der Waals surface area contributed by atoms with Crippen molar-refractivity contribution in [3.05, 3.63) is 29.3 Å². The van der Waals surface area contributed by atoms with Crippen LogP contribution >= 0.6 is 0 Å². The van der Waals surface area contributed by atoms with Crippen molar-refractivity contribution < 1.29 is 22.7 Å². The van der Waals surface area contributed by atoms with E-state index < -0.39 is 21.6 Å². The van der Waals surface area contributed by atoms with E-state index in [0.717, 1.165) is 7.11 Å². The quantitative estimate of drug-likeness (QED) is 0.737. The van der Waals surface area contributed by atoms with Crippen molar-refractivity contribution in [3.63, 3.8) is 0 Å². The average molecular weight is 283 g/mol. The molecule has 0 spiro atoms. The van der Waals surface area contributed by atoms with Crippen molar-refractivity contribution in [1.29, 1.82) is 5.26 Å². The van der Waals surface area contributed by atoms with Crippen LogP contribution in [0.4, 0.5) is 0 Å². The van der Waals surface area contributed by atoms with E-state index >= 15 is 0 Å². The van der Waals surface area contributed by atoms with Crippen molar-refractivity contribution in [2.24, 2.45) is 0 Å². The van der Waals surface area contributed by atoms with E-state index in [1.807, 2.05) is 6.07 Å². The van der Waals surface area contributed by atoms with Gasteiger partial charge in [0.1, 0.15) is 11.5 Å². The van der Waals surface area contributed by atoms with Gasteiger partial charge in [0.05, 0.1) is 31.6 Å². The summed E-state index contributed by atoms with van der Waals surface area (Å²) in [6.07, 6.45) is 0. The number of carbonyl (C=O) groups is 1. The van der Waals surface area contributed by atoms with Gasteiger partial charge in [-0.05, 0) is 18.2 Å². The number of methoxy groups -OCH3 is 2. The van der Waals surface area contributed by atoms with Crippen molar-refractivity contribution in [1.82, 2.24) is 0 Å². The summed E-state index contributed by atoms with van der Waals surface area (Å²) < 4.78 is 33.0. The van der Waals surface area contributed by atoms with Crippen molar-refractivity contribution in [2.75, 3.05) is 20.0 Å². The van der Waals surface area contributed by atoms with E-state index in [-0.39, 0.29) is 5.75 Å². The van der Waals surface area contributed by atoms with Gasteiger partial charge in [-0.25, -0.2) is 8.42 Å². The molecule has 1 rings (SSSR count). The maximum Gasteiger partial charge on any atom is 0.320 e. The fourth-order valence-corrected chi connectivity index (χ4v) is 2.77. The lowest BCUT2D eigenvalue weighted by Gasteiger charge is -2.09. The summed E-state index contributed by atoms with van der Waals surface area (Å²) in [5, 5.41) is 8.79. The summed E-state index contributed by atoms with van der Waals surface area (Å²) in [6.45, 7) is 0. The molecule has 0 radical (unpaired) electrons. The number of sulfone groups is 1. The van der Waals surface area contributed by atoms with E-state index in [4.69, 9.17) is 10.00 Å². The zero-order valence-electron chi connectivity index (χ0n) is 10.5. The number of hydrogen-bond acceptors (Lipinski definition) is 6. The second-order valence-corrected chi connectivity index (χ2v) is 5.81. The normalized spacial score (nSPS) is 10.6. The minimum atomic E-state index is -3.67. The van der Waals surface area contributed by atoms with Crippen molar-refractivity contribution in [3.8, 4) is 11.8 Å². The van der Waals surface area contributed by atoms with Crippen LogP contribution in [0.2, 0.25) is 0 Å². The highest BCUT2D eigenvalue weighted by Crippen LogP contribution is 2.22. The maximum absolute atomic E-state index is 11.8. The molecular formula is C12H13NO5S. The Bertz CT molecular complexity index is 615. The van der Waals surface area contributed by atoms with Crippen LogP contribution in [0.15, 0.2) is 18.2 Å². The van der Waals surface area contributed by atoms with E-state index in [0.29, 0.717) is 16.9 Å². The minimum Gasteiger partial charge on any atom is -0.496 e. The maximum atomic E-state index is 11.8. The predicted octanol–water partition coefficient (Wildman–Crippen LogP) is 0.655. The Morgan fingerprint density at radius 2 is 2.05 bits per heavy atom. The minimum absolute atomic E-state index is 0.323. The molecule has 1 aromatic rings. The lowest BCUT2D eigenvalue weighted by molar-refractivity contribution is -0.137. The molecule has 0 amide bonds. The van der Waals surface area contributed by atoms with Gasteiger partial charge in [0.25, 0.3) is 0 Å². The molecule has 0 unspecified atom stereocenters. The van der Waals surface area contributed by atoms with Crippen molar-refractivity contribution in [2.45, 2.75) is 5.75 Å². The predicted molar refractivity (Wildman–Crippen MR) is 67.2 cm³/mol. The summed E-state index contributed by atoms with van der Waals surface area (Å²) in [4.78, 5) is 11.0. The molecule has 0 aliphatic heterocycles. The van der Waals surface area contributed by atoms with Gasteiger partial charge < -0.3 is 9.47 Å². The lowest BCUT2D eigenvalue weighted by Crippen LogP contribution is -2.19. The van der Waals surface area contributed by atoms with Crippen LogP contribution in [0, 0.1) is 11.3 Å². The number of nitriles is 1. The number of hydrogen-bond donors (Lipinski definition) is 0. The zero-order chi connectivity index (χ0) is 14.5. The first-order valence-electron chi connectivity index (χ1n) is 5.26. The van der Waals surface area contributed by atoms with Crippen LogP contribution in [0.5, 0.6) is 5.75 Å². The highest BCUT2D eigenvalue weighted by molar-refractivity contribution is 7.91. The molecule has 0 aromatic heterocycles. The third-order valence-electron chi connectivity index (χ3n) is 2.35. The third-order valence-corrected chi connectivity index (χ3v) is 3.78. The number of carbonyl (C=O) groups excluding carboxylic acids is 1. The first-order chi connectivity index (χ1) is 8.91. The standard InChI is InChI=1S/C12H13NO5S/c1-17-11-4-3-9(6-13)5-10(11)7-19(15,16)8-12(14)18-2/h3-5H,7-8H2,1-2H3. The summed E-state index contributed by atoms with van der Waals surface area (Å²) >= 11 is 0. The SMILES string of the molecule is COC(=O)CS(=O)(=O)Cc1cc(C#N)ccc1OC. The van der Waals surface area contributed by atoms with E-state index in [1.165, 1.54) is 25.3 Å². The van der Waals surface area contributed by atoms with Crippen LogP contribution in [-0.4, -0.2) is 34.4 Å². The Hall–Kier alpha value is -2.07. The first kappa shape index (κ1) is 15.0. The van der Waals surface area contributed by atoms with Crippen LogP contribution in [-0.2, 0) is 25.1 Å². The monoisotopic (exact) mass is 283 g/mol. The van der Waals surface area contributed by atoms with Gasteiger partial charge in [0.2, 0.25) is 0 Å². The number of benzene rings is 1. The summed E-state index contributed by atoms with van der Waals surface area (Å²) in [5.74, 6) is -1.56. The lowest BCUT2D eigenvalue weighted by atomic mass is 10.1. The molecule has 7 heteroatoms. The van der Waals surface area contributed by atoms with Crippen LogP contribution in [0.25, 0.3) is 0 Å². The molecule has 0 atom stereocenters. The molecule has 0 aliphatic rings. The van der Waals surface area contributed by atoms with Gasteiger partial charge in [0.15, 0.2) is 9.84 Å². The topological polar surface area (TPSA) is 93.5 Å². The Kier molecular flexibility index (Phi) is 4.89. The van der Waals surface area contributed by atoms with Gasteiger partial charge in [-0.2, -0.15) is 5.26 Å². The summed E-state index contributed by atoms with van der Waals surface area (Å²) in [5.41, 5.74) is 0.662. The van der Waals surface area contributed by atoms with E-state index in [1.54, 1.807) is 0 Å². The molecule has 0 bridgehead atoms. The fraction of sp³-hybridized carbons (Fsp3) is 0.333. The Morgan fingerprint density at radius 1 is 1.37 bits per heavy atom. The number of ether oxygens (including phenoxy) is 2. The van der Waals surface area contributed by atoms with E-state index in [2.05, 4.69) is 4.74 Å². The Balaban J connectivity index is 3.04. The second kappa shape index (κ2) is 6.20. The highest BCUT2D eigenvalue weighted by Gasteiger charge is 2.20. The largest absolute Gasteiger partial charge is 0.496 e. The van der Waals surface area contributed by atoms with Gasteiger partial charge in [0, 0.05) is 5.56 Å². The number of nitrogens with zero attached hydrogens (tertiary/aromatic N) is 1. The highest BCUT2D eigenvalue weighted by atomic mass is 32.2. The van der Waals surface area contributed by atoms with Gasteiger partial charge in [-0.15, -0.1) is 0 Å². The van der Waals surface area contributed by atoms with Gasteiger partial charge in [-0.1, -0.05) is 0 Å². The molecule has 19 heavy (non-hydrogen) atoms. The number of rotatable bonds is 5. The van der Waals surface area contributed by atoms with Crippen molar-refractivity contribution >= 4 is 15.8 Å². The molecule has 0 saturated heterocycles. The smallest absolute Gasteiger partial charge is 0.320 e.